The lowest BCUT2D eigenvalue weighted by molar-refractivity contribution is -0.156. The Labute approximate surface area is 138 Å². The highest BCUT2D eigenvalue weighted by molar-refractivity contribution is 5.72. The molecule has 128 valence electrons. The first kappa shape index (κ1) is 17.8. The first-order valence-electron chi connectivity index (χ1n) is 8.23. The summed E-state index contributed by atoms with van der Waals surface area (Å²) in [5.41, 5.74) is 1.65. The maximum Gasteiger partial charge on any atom is 0.320 e. The van der Waals surface area contributed by atoms with Gasteiger partial charge in [-0.05, 0) is 32.9 Å². The van der Waals surface area contributed by atoms with E-state index in [1.807, 2.05) is 39.0 Å². The van der Waals surface area contributed by atoms with Gasteiger partial charge in [-0.1, -0.05) is 6.07 Å². The first-order valence-corrected chi connectivity index (χ1v) is 8.23. The molecule has 0 aliphatic carbocycles. The molecule has 2 rings (SSSR count). The Bertz CT molecular complexity index is 486. The zero-order valence-corrected chi connectivity index (χ0v) is 14.4. The molecule has 0 atom stereocenters. The van der Waals surface area contributed by atoms with Crippen molar-refractivity contribution in [2.45, 2.75) is 39.5 Å². The number of aromatic nitrogens is 1. The summed E-state index contributed by atoms with van der Waals surface area (Å²) in [6, 6.07) is 6.10. The van der Waals surface area contributed by atoms with Gasteiger partial charge in [0, 0.05) is 39.3 Å². The Morgan fingerprint density at radius 1 is 1.17 bits per heavy atom. The summed E-state index contributed by atoms with van der Waals surface area (Å²) in [5.74, 6) is -0.170. The maximum absolute atomic E-state index is 12.0. The molecule has 6 heteroatoms. The Balaban J connectivity index is 1.88. The molecule has 1 aliphatic heterocycles. The van der Waals surface area contributed by atoms with Crippen molar-refractivity contribution in [2.75, 3.05) is 32.7 Å². The molecule has 0 unspecified atom stereocenters. The highest BCUT2D eigenvalue weighted by Gasteiger charge is 2.19. The zero-order valence-electron chi connectivity index (χ0n) is 14.4. The fraction of sp³-hybridized carbons (Fsp3) is 0.647. The number of nitrogens with one attached hydrogen (secondary N) is 2. The van der Waals surface area contributed by atoms with Gasteiger partial charge in [0.1, 0.15) is 5.60 Å². The largest absolute Gasteiger partial charge is 0.459 e. The van der Waals surface area contributed by atoms with Crippen molar-refractivity contribution in [1.29, 1.82) is 0 Å². The van der Waals surface area contributed by atoms with Crippen LogP contribution in [0.25, 0.3) is 0 Å². The van der Waals surface area contributed by atoms with Crippen LogP contribution in [0, 0.1) is 0 Å². The fourth-order valence-corrected chi connectivity index (χ4v) is 2.46. The minimum absolute atomic E-state index is 0.170. The van der Waals surface area contributed by atoms with Gasteiger partial charge in [-0.25, -0.2) is 0 Å². The van der Waals surface area contributed by atoms with Gasteiger partial charge < -0.3 is 15.4 Å². The van der Waals surface area contributed by atoms with Crippen LogP contribution in [0.5, 0.6) is 0 Å². The van der Waals surface area contributed by atoms with Crippen molar-refractivity contribution in [3.63, 3.8) is 0 Å². The van der Waals surface area contributed by atoms with Crippen LogP contribution in [0.4, 0.5) is 0 Å². The summed E-state index contributed by atoms with van der Waals surface area (Å²) < 4.78 is 5.42. The summed E-state index contributed by atoms with van der Waals surface area (Å²) in [6.45, 7) is 10.7. The van der Waals surface area contributed by atoms with E-state index < -0.39 is 5.60 Å². The van der Waals surface area contributed by atoms with Crippen molar-refractivity contribution >= 4 is 5.97 Å². The van der Waals surface area contributed by atoms with Crippen molar-refractivity contribution in [3.8, 4) is 0 Å². The number of carbonyl (C=O) groups excluding carboxylic acids is 1. The number of hydrogen-bond acceptors (Lipinski definition) is 6. The number of nitrogens with zero attached hydrogens (tertiary/aromatic N) is 2. The van der Waals surface area contributed by atoms with Crippen LogP contribution >= 0.6 is 0 Å². The second-order valence-electron chi connectivity index (χ2n) is 6.84. The Morgan fingerprint density at radius 2 is 1.74 bits per heavy atom. The van der Waals surface area contributed by atoms with Crippen LogP contribution in [0.2, 0.25) is 0 Å². The molecule has 0 amide bonds. The molecule has 23 heavy (non-hydrogen) atoms. The molecule has 0 saturated heterocycles. The van der Waals surface area contributed by atoms with E-state index in [9.17, 15) is 4.79 Å². The SMILES string of the molecule is CC(C)(C)OC(=O)CN1CCNCc2cccc(n2)CNCC1. The van der Waals surface area contributed by atoms with Gasteiger partial charge >= 0.3 is 5.97 Å². The van der Waals surface area contributed by atoms with Gasteiger partial charge in [-0.15, -0.1) is 0 Å². The molecule has 2 N–H and O–H groups in total. The molecule has 0 spiro atoms. The average Bonchev–Trinajstić information content (AvgIpc) is 2.45. The molecule has 1 aliphatic rings. The van der Waals surface area contributed by atoms with Crippen LogP contribution in [-0.2, 0) is 22.6 Å². The van der Waals surface area contributed by atoms with E-state index >= 15 is 0 Å². The van der Waals surface area contributed by atoms with E-state index in [0.29, 0.717) is 6.54 Å². The van der Waals surface area contributed by atoms with Crippen molar-refractivity contribution in [3.05, 3.63) is 29.6 Å². The molecule has 0 fully saturated rings. The van der Waals surface area contributed by atoms with Crippen LogP contribution in [0.1, 0.15) is 32.2 Å². The van der Waals surface area contributed by atoms with Gasteiger partial charge in [0.2, 0.25) is 0 Å². The van der Waals surface area contributed by atoms with Gasteiger partial charge in [-0.3, -0.25) is 14.7 Å². The van der Waals surface area contributed by atoms with Gasteiger partial charge in [0.25, 0.3) is 0 Å². The van der Waals surface area contributed by atoms with Crippen molar-refractivity contribution in [1.82, 2.24) is 20.5 Å². The molecule has 0 saturated carbocycles. The third-order valence-corrected chi connectivity index (χ3v) is 3.46. The lowest BCUT2D eigenvalue weighted by Gasteiger charge is -2.25. The third kappa shape index (κ3) is 7.07. The lowest BCUT2D eigenvalue weighted by Crippen LogP contribution is -2.41. The van der Waals surface area contributed by atoms with Crippen LogP contribution in [0.15, 0.2) is 18.2 Å². The number of pyridine rings is 1. The monoisotopic (exact) mass is 320 g/mol. The molecule has 2 heterocycles. The number of carbonyl (C=O) groups is 1. The Morgan fingerprint density at radius 3 is 2.26 bits per heavy atom. The Hall–Kier alpha value is -1.50. The maximum atomic E-state index is 12.0. The highest BCUT2D eigenvalue weighted by atomic mass is 16.6. The summed E-state index contributed by atoms with van der Waals surface area (Å²) >= 11 is 0. The lowest BCUT2D eigenvalue weighted by atomic mass is 10.2. The second kappa shape index (κ2) is 8.38. The standard InChI is InChI=1S/C17H28N4O2/c1-17(2,3)23-16(22)13-21-9-7-18-11-14-5-4-6-15(20-14)12-19-8-10-21/h4-6,18-19H,7-13H2,1-3H3. The van der Waals surface area contributed by atoms with Gasteiger partial charge in [0.05, 0.1) is 17.9 Å². The minimum Gasteiger partial charge on any atom is -0.459 e. The molecule has 6 nitrogen and oxygen atoms in total. The average molecular weight is 320 g/mol. The van der Waals surface area contributed by atoms with E-state index in [4.69, 9.17) is 4.74 Å². The number of fused-ring (bicyclic) bond motifs is 2. The molecule has 1 aromatic heterocycles. The summed E-state index contributed by atoms with van der Waals surface area (Å²) in [4.78, 5) is 18.7. The number of esters is 1. The summed E-state index contributed by atoms with van der Waals surface area (Å²) in [5, 5.41) is 6.77. The minimum atomic E-state index is -0.436. The third-order valence-electron chi connectivity index (χ3n) is 3.46. The smallest absolute Gasteiger partial charge is 0.320 e. The van der Waals surface area contributed by atoms with E-state index in [-0.39, 0.29) is 5.97 Å². The zero-order chi connectivity index (χ0) is 16.7. The predicted molar refractivity (Wildman–Crippen MR) is 89.9 cm³/mol. The summed E-state index contributed by atoms with van der Waals surface area (Å²) in [7, 11) is 0. The van der Waals surface area contributed by atoms with Crippen molar-refractivity contribution < 1.29 is 9.53 Å². The number of hydrogen-bond donors (Lipinski definition) is 2. The van der Waals surface area contributed by atoms with Crippen LogP contribution in [0.3, 0.4) is 0 Å². The number of rotatable bonds is 2. The van der Waals surface area contributed by atoms with Gasteiger partial charge in [0.15, 0.2) is 0 Å². The van der Waals surface area contributed by atoms with Crippen LogP contribution < -0.4 is 10.6 Å². The van der Waals surface area contributed by atoms with Crippen LogP contribution in [-0.4, -0.2) is 54.2 Å². The first-order chi connectivity index (χ1) is 10.9. The molecule has 1 aromatic rings. The predicted octanol–water partition coefficient (Wildman–Crippen LogP) is 0.918. The van der Waals surface area contributed by atoms with E-state index in [1.165, 1.54) is 0 Å². The van der Waals surface area contributed by atoms with E-state index in [1.54, 1.807) is 0 Å². The normalized spacial score (nSPS) is 17.9. The molecule has 0 aromatic carbocycles. The molecule has 0 radical (unpaired) electrons. The quantitative estimate of drug-likeness (QED) is 0.790. The van der Waals surface area contributed by atoms with Crippen molar-refractivity contribution in [2.24, 2.45) is 0 Å². The highest BCUT2D eigenvalue weighted by Crippen LogP contribution is 2.07. The Kier molecular flexibility index (Phi) is 6.50. The van der Waals surface area contributed by atoms with E-state index in [0.717, 1.165) is 50.7 Å². The molecular weight excluding hydrogens is 292 g/mol. The fourth-order valence-electron chi connectivity index (χ4n) is 2.46. The summed E-state index contributed by atoms with van der Waals surface area (Å²) in [6.07, 6.45) is 0. The van der Waals surface area contributed by atoms with E-state index in [2.05, 4.69) is 20.5 Å². The number of ether oxygens (including phenoxy) is 1. The second-order valence-corrected chi connectivity index (χ2v) is 6.84. The van der Waals surface area contributed by atoms with Gasteiger partial charge in [-0.2, -0.15) is 0 Å². The molecule has 2 bridgehead atoms. The molecular formula is C17H28N4O2. The topological polar surface area (TPSA) is 66.5 Å².